The summed E-state index contributed by atoms with van der Waals surface area (Å²) in [5.74, 6) is 0.693. The summed E-state index contributed by atoms with van der Waals surface area (Å²) in [6.45, 7) is 6.20. The lowest BCUT2D eigenvalue weighted by molar-refractivity contribution is 0.826. The van der Waals surface area contributed by atoms with Crippen LogP contribution in [0, 0.1) is 13.8 Å². The molecule has 0 aliphatic carbocycles. The molecule has 3 rings (SSSR count). The van der Waals surface area contributed by atoms with Gasteiger partial charge in [-0.3, -0.25) is 0 Å². The molecule has 110 valence electrons. The summed E-state index contributed by atoms with van der Waals surface area (Å²) in [7, 11) is 0. The molecule has 1 aliphatic rings. The Morgan fingerprint density at radius 3 is 2.52 bits per heavy atom. The summed E-state index contributed by atoms with van der Waals surface area (Å²) in [6.07, 6.45) is 2.37. The molecule has 0 amide bonds. The van der Waals surface area contributed by atoms with Crippen molar-refractivity contribution in [2.24, 2.45) is 0 Å². The molecule has 1 aliphatic heterocycles. The number of hydrogen-bond donors (Lipinski definition) is 0. The van der Waals surface area contributed by atoms with Crippen molar-refractivity contribution in [1.29, 1.82) is 0 Å². The number of halogens is 1. The maximum Gasteiger partial charge on any atom is 0.230 e. The molecule has 0 atom stereocenters. The Bertz CT molecular complexity index is 656. The van der Waals surface area contributed by atoms with Crippen LogP contribution in [0.25, 0.3) is 0 Å². The first-order chi connectivity index (χ1) is 10.1. The third kappa shape index (κ3) is 3.47. The van der Waals surface area contributed by atoms with Gasteiger partial charge in [-0.15, -0.1) is 0 Å². The largest absolute Gasteiger partial charge is 0.341 e. The van der Waals surface area contributed by atoms with Crippen LogP contribution in [0.3, 0.4) is 0 Å². The first-order valence-electron chi connectivity index (χ1n) is 7.03. The molecule has 2 heterocycles. The monoisotopic (exact) mass is 320 g/mol. The highest BCUT2D eigenvalue weighted by atomic mass is 35.5. The number of nitrogens with zero attached hydrogens (tertiary/aromatic N) is 4. The molecular formula is C15H17ClN4S. The molecule has 0 spiro atoms. The predicted molar refractivity (Wildman–Crippen MR) is 86.3 cm³/mol. The number of hydrogen-bond acceptors (Lipinski definition) is 5. The number of anilines is 1. The lowest BCUT2D eigenvalue weighted by atomic mass is 10.1. The maximum atomic E-state index is 6.05. The van der Waals surface area contributed by atoms with E-state index in [0.717, 1.165) is 18.0 Å². The van der Waals surface area contributed by atoms with Gasteiger partial charge in [-0.25, -0.2) is 0 Å². The van der Waals surface area contributed by atoms with Crippen molar-refractivity contribution < 1.29 is 0 Å². The van der Waals surface area contributed by atoms with Gasteiger partial charge in [-0.2, -0.15) is 15.0 Å². The first kappa shape index (κ1) is 14.6. The fourth-order valence-corrected chi connectivity index (χ4v) is 3.36. The van der Waals surface area contributed by atoms with Crippen LogP contribution in [0.15, 0.2) is 28.3 Å². The minimum atomic E-state index is 0.262. The zero-order valence-electron chi connectivity index (χ0n) is 12.1. The van der Waals surface area contributed by atoms with Gasteiger partial charge in [0.25, 0.3) is 0 Å². The molecule has 1 aromatic heterocycles. The van der Waals surface area contributed by atoms with Crippen LogP contribution >= 0.6 is 23.4 Å². The fourth-order valence-electron chi connectivity index (χ4n) is 2.31. The molecule has 2 aromatic rings. The van der Waals surface area contributed by atoms with E-state index in [9.17, 15) is 0 Å². The molecule has 6 heteroatoms. The van der Waals surface area contributed by atoms with Crippen LogP contribution < -0.4 is 4.90 Å². The van der Waals surface area contributed by atoms with E-state index in [4.69, 9.17) is 11.6 Å². The van der Waals surface area contributed by atoms with Gasteiger partial charge >= 0.3 is 0 Å². The van der Waals surface area contributed by atoms with Crippen molar-refractivity contribution in [2.75, 3.05) is 18.0 Å². The minimum absolute atomic E-state index is 0.262. The number of rotatable bonds is 3. The fraction of sp³-hybridized carbons (Fsp3) is 0.400. The summed E-state index contributed by atoms with van der Waals surface area (Å²) < 4.78 is 0. The molecule has 1 fully saturated rings. The standard InChI is InChI=1S/C15H17ClN4S/c1-10-5-6-12(9-11(10)2)21-15-18-13(16)17-14(19-15)20-7-3-4-8-20/h5-6,9H,3-4,7-8H2,1-2H3. The van der Waals surface area contributed by atoms with E-state index in [1.54, 1.807) is 0 Å². The van der Waals surface area contributed by atoms with E-state index in [1.165, 1.54) is 35.7 Å². The molecule has 1 aromatic carbocycles. The van der Waals surface area contributed by atoms with E-state index < -0.39 is 0 Å². The Labute approximate surface area is 134 Å². The van der Waals surface area contributed by atoms with Crippen molar-refractivity contribution >= 4 is 29.3 Å². The number of aryl methyl sites for hydroxylation is 2. The van der Waals surface area contributed by atoms with Crippen LogP contribution in [0.5, 0.6) is 0 Å². The van der Waals surface area contributed by atoms with Gasteiger partial charge in [0.05, 0.1) is 0 Å². The second kappa shape index (κ2) is 6.20. The van der Waals surface area contributed by atoms with E-state index in [2.05, 4.69) is 51.9 Å². The summed E-state index contributed by atoms with van der Waals surface area (Å²) in [4.78, 5) is 16.3. The van der Waals surface area contributed by atoms with E-state index >= 15 is 0 Å². The second-order valence-electron chi connectivity index (χ2n) is 5.23. The Kier molecular flexibility index (Phi) is 4.31. The van der Waals surface area contributed by atoms with Crippen molar-refractivity contribution in [3.63, 3.8) is 0 Å². The van der Waals surface area contributed by atoms with Crippen LogP contribution in [0.1, 0.15) is 24.0 Å². The topological polar surface area (TPSA) is 41.9 Å². The molecule has 1 saturated heterocycles. The lowest BCUT2D eigenvalue weighted by Crippen LogP contribution is -2.21. The van der Waals surface area contributed by atoms with Gasteiger partial charge < -0.3 is 4.90 Å². The Morgan fingerprint density at radius 1 is 1.05 bits per heavy atom. The van der Waals surface area contributed by atoms with Gasteiger partial charge in [0, 0.05) is 18.0 Å². The van der Waals surface area contributed by atoms with Crippen molar-refractivity contribution in [3.8, 4) is 0 Å². The highest BCUT2D eigenvalue weighted by Gasteiger charge is 2.17. The third-order valence-corrected chi connectivity index (χ3v) is 4.68. The predicted octanol–water partition coefficient (Wildman–Crippen LogP) is 3.89. The zero-order valence-corrected chi connectivity index (χ0v) is 13.7. The molecule has 21 heavy (non-hydrogen) atoms. The highest BCUT2D eigenvalue weighted by molar-refractivity contribution is 7.99. The smallest absolute Gasteiger partial charge is 0.230 e. The summed E-state index contributed by atoms with van der Waals surface area (Å²) in [6, 6.07) is 6.34. The maximum absolute atomic E-state index is 6.05. The van der Waals surface area contributed by atoms with Crippen molar-refractivity contribution in [1.82, 2.24) is 15.0 Å². The quantitative estimate of drug-likeness (QED) is 0.858. The lowest BCUT2D eigenvalue weighted by Gasteiger charge is -2.15. The molecule has 0 unspecified atom stereocenters. The first-order valence-corrected chi connectivity index (χ1v) is 8.23. The molecule has 0 N–H and O–H groups in total. The van der Waals surface area contributed by atoms with Crippen LogP contribution in [-0.4, -0.2) is 28.0 Å². The van der Waals surface area contributed by atoms with Crippen LogP contribution in [-0.2, 0) is 0 Å². The Hall–Kier alpha value is -1.33. The average Bonchev–Trinajstić information content (AvgIpc) is 2.96. The number of aromatic nitrogens is 3. The molecular weight excluding hydrogens is 304 g/mol. The van der Waals surface area contributed by atoms with Crippen LogP contribution in [0.4, 0.5) is 5.95 Å². The molecule has 0 radical (unpaired) electrons. The van der Waals surface area contributed by atoms with Gasteiger partial charge in [-0.05, 0) is 73.3 Å². The van der Waals surface area contributed by atoms with E-state index in [-0.39, 0.29) is 5.28 Å². The summed E-state index contributed by atoms with van der Waals surface area (Å²) >= 11 is 7.57. The van der Waals surface area contributed by atoms with E-state index in [1.807, 2.05) is 0 Å². The Morgan fingerprint density at radius 2 is 1.81 bits per heavy atom. The van der Waals surface area contributed by atoms with E-state index in [0.29, 0.717) is 11.1 Å². The van der Waals surface area contributed by atoms with Crippen molar-refractivity contribution in [3.05, 3.63) is 34.6 Å². The normalized spacial score (nSPS) is 14.7. The van der Waals surface area contributed by atoms with Crippen LogP contribution in [0.2, 0.25) is 5.28 Å². The highest BCUT2D eigenvalue weighted by Crippen LogP contribution is 2.28. The Balaban J connectivity index is 1.85. The minimum Gasteiger partial charge on any atom is -0.341 e. The molecule has 0 bridgehead atoms. The average molecular weight is 321 g/mol. The summed E-state index contributed by atoms with van der Waals surface area (Å²) in [5, 5.41) is 0.915. The van der Waals surface area contributed by atoms with Gasteiger partial charge in [0.15, 0.2) is 5.16 Å². The number of benzene rings is 1. The third-order valence-electron chi connectivity index (χ3n) is 3.65. The summed E-state index contributed by atoms with van der Waals surface area (Å²) in [5.41, 5.74) is 2.55. The SMILES string of the molecule is Cc1ccc(Sc2nc(Cl)nc(N3CCCC3)n2)cc1C. The zero-order chi connectivity index (χ0) is 14.8. The molecule has 4 nitrogen and oxygen atoms in total. The van der Waals surface area contributed by atoms with Crippen molar-refractivity contribution in [2.45, 2.75) is 36.7 Å². The van der Waals surface area contributed by atoms with Gasteiger partial charge in [-0.1, -0.05) is 6.07 Å². The van der Waals surface area contributed by atoms with Gasteiger partial charge in [0.1, 0.15) is 0 Å². The second-order valence-corrected chi connectivity index (χ2v) is 6.61. The molecule has 0 saturated carbocycles. The van der Waals surface area contributed by atoms with Gasteiger partial charge in [0.2, 0.25) is 11.2 Å².